The molecule has 2 fully saturated rings. The van der Waals surface area contributed by atoms with E-state index in [2.05, 4.69) is 20.1 Å². The summed E-state index contributed by atoms with van der Waals surface area (Å²) in [5.74, 6) is 0.603. The van der Waals surface area contributed by atoms with Gasteiger partial charge in [0.15, 0.2) is 0 Å². The van der Waals surface area contributed by atoms with E-state index in [9.17, 15) is 14.0 Å². The van der Waals surface area contributed by atoms with Crippen LogP contribution in [-0.4, -0.2) is 83.7 Å². The van der Waals surface area contributed by atoms with Gasteiger partial charge < -0.3 is 19.9 Å². The lowest BCUT2D eigenvalue weighted by Crippen LogP contribution is -2.64. The Kier molecular flexibility index (Phi) is 8.08. The van der Waals surface area contributed by atoms with Gasteiger partial charge in [0, 0.05) is 64.0 Å². The SMILES string of the molecule is CC(C)(C)OC(=O)N[C@@H](CC(=O)N1CC(N2CCN(c3ccccn3)CC2)C1)Cc1ccccc1F. The highest BCUT2D eigenvalue weighted by Crippen LogP contribution is 2.21. The average Bonchev–Trinajstić information content (AvgIpc) is 2.79. The van der Waals surface area contributed by atoms with Gasteiger partial charge in [0.2, 0.25) is 5.91 Å². The molecule has 2 amide bonds. The van der Waals surface area contributed by atoms with Gasteiger partial charge >= 0.3 is 6.09 Å². The summed E-state index contributed by atoms with van der Waals surface area (Å²) in [6.45, 7) is 10.3. The number of benzene rings is 1. The van der Waals surface area contributed by atoms with Gasteiger partial charge in [-0.2, -0.15) is 0 Å². The van der Waals surface area contributed by atoms with Crippen LogP contribution in [0.4, 0.5) is 15.0 Å². The number of piperazine rings is 1. The van der Waals surface area contributed by atoms with Gasteiger partial charge in [0.05, 0.1) is 0 Å². The highest BCUT2D eigenvalue weighted by molar-refractivity contribution is 5.79. The van der Waals surface area contributed by atoms with E-state index in [-0.39, 0.29) is 24.6 Å². The van der Waals surface area contributed by atoms with Crippen LogP contribution in [0.15, 0.2) is 48.7 Å². The molecule has 1 atom stereocenters. The first-order valence-electron chi connectivity index (χ1n) is 12.6. The molecule has 3 heterocycles. The standard InChI is InChI=1S/C27H36FN5O3/c1-27(2,3)36-26(35)30-21(16-20-8-4-5-9-23(20)28)17-25(34)33-18-22(19-33)31-12-14-32(15-13-31)24-10-6-7-11-29-24/h4-11,21-22H,12-19H2,1-3H3,(H,30,35)/t21-/m1/s1. The Balaban J connectivity index is 1.28. The van der Waals surface area contributed by atoms with Crippen molar-refractivity contribution >= 4 is 17.8 Å². The molecule has 0 unspecified atom stereocenters. The van der Waals surface area contributed by atoms with Gasteiger partial charge in [-0.1, -0.05) is 24.3 Å². The number of pyridine rings is 1. The molecular weight excluding hydrogens is 461 g/mol. The van der Waals surface area contributed by atoms with Crippen molar-refractivity contribution in [2.75, 3.05) is 44.2 Å². The number of anilines is 1. The third-order valence-corrected chi connectivity index (χ3v) is 6.58. The van der Waals surface area contributed by atoms with Crippen LogP contribution in [0.3, 0.4) is 0 Å². The maximum Gasteiger partial charge on any atom is 0.407 e. The predicted octanol–water partition coefficient (Wildman–Crippen LogP) is 3.08. The van der Waals surface area contributed by atoms with E-state index in [0.717, 1.165) is 32.0 Å². The number of hydrogen-bond donors (Lipinski definition) is 1. The highest BCUT2D eigenvalue weighted by atomic mass is 19.1. The quantitative estimate of drug-likeness (QED) is 0.634. The van der Waals surface area contributed by atoms with Crippen molar-refractivity contribution < 1.29 is 18.7 Å². The zero-order valence-corrected chi connectivity index (χ0v) is 21.3. The van der Waals surface area contributed by atoms with Crippen LogP contribution in [0.5, 0.6) is 0 Å². The minimum atomic E-state index is -0.665. The third-order valence-electron chi connectivity index (χ3n) is 6.58. The smallest absolute Gasteiger partial charge is 0.407 e. The number of ether oxygens (including phenoxy) is 1. The first kappa shape index (κ1) is 25.9. The molecule has 8 nitrogen and oxygen atoms in total. The molecule has 0 spiro atoms. The molecule has 2 aliphatic heterocycles. The molecule has 1 N–H and O–H groups in total. The zero-order valence-electron chi connectivity index (χ0n) is 21.3. The van der Waals surface area contributed by atoms with Gasteiger partial charge in [-0.25, -0.2) is 14.2 Å². The summed E-state index contributed by atoms with van der Waals surface area (Å²) in [7, 11) is 0. The summed E-state index contributed by atoms with van der Waals surface area (Å²) in [6, 6.07) is 12.2. The van der Waals surface area contributed by atoms with E-state index in [1.807, 2.05) is 29.3 Å². The summed E-state index contributed by atoms with van der Waals surface area (Å²) >= 11 is 0. The number of rotatable bonds is 7. The number of alkyl carbamates (subject to hydrolysis) is 1. The Labute approximate surface area is 212 Å². The van der Waals surface area contributed by atoms with Crippen LogP contribution in [0.2, 0.25) is 0 Å². The van der Waals surface area contributed by atoms with Crippen LogP contribution in [0.1, 0.15) is 32.8 Å². The Morgan fingerprint density at radius 2 is 1.78 bits per heavy atom. The summed E-state index contributed by atoms with van der Waals surface area (Å²) < 4.78 is 19.6. The van der Waals surface area contributed by atoms with Crippen molar-refractivity contribution in [3.8, 4) is 0 Å². The monoisotopic (exact) mass is 497 g/mol. The lowest BCUT2D eigenvalue weighted by molar-refractivity contribution is -0.139. The van der Waals surface area contributed by atoms with Crippen LogP contribution in [0.25, 0.3) is 0 Å². The van der Waals surface area contributed by atoms with Gasteiger partial charge in [0.1, 0.15) is 17.2 Å². The Morgan fingerprint density at radius 1 is 1.08 bits per heavy atom. The largest absolute Gasteiger partial charge is 0.444 e. The number of hydrogen-bond acceptors (Lipinski definition) is 6. The summed E-state index contributed by atoms with van der Waals surface area (Å²) in [5.41, 5.74) is -0.208. The fraction of sp³-hybridized carbons (Fsp3) is 0.519. The molecule has 0 aliphatic carbocycles. The normalized spacial score (nSPS) is 17.9. The summed E-state index contributed by atoms with van der Waals surface area (Å²) in [5, 5.41) is 2.78. The van der Waals surface area contributed by atoms with Crippen molar-refractivity contribution in [1.82, 2.24) is 20.1 Å². The lowest BCUT2D eigenvalue weighted by Gasteiger charge is -2.48. The number of nitrogens with one attached hydrogen (secondary N) is 1. The van der Waals surface area contributed by atoms with E-state index >= 15 is 0 Å². The molecule has 2 saturated heterocycles. The second-order valence-corrected chi connectivity index (χ2v) is 10.5. The van der Waals surface area contributed by atoms with Crippen molar-refractivity contribution in [2.45, 2.75) is 51.3 Å². The van der Waals surface area contributed by atoms with E-state index in [0.29, 0.717) is 24.7 Å². The van der Waals surface area contributed by atoms with Gasteiger partial charge in [-0.15, -0.1) is 0 Å². The zero-order chi connectivity index (χ0) is 25.7. The van der Waals surface area contributed by atoms with Crippen LogP contribution < -0.4 is 10.2 Å². The van der Waals surface area contributed by atoms with Crippen molar-refractivity contribution in [1.29, 1.82) is 0 Å². The molecule has 194 valence electrons. The van der Waals surface area contributed by atoms with E-state index in [1.54, 1.807) is 39.0 Å². The number of aromatic nitrogens is 1. The molecule has 2 aromatic rings. The average molecular weight is 498 g/mol. The number of halogens is 1. The van der Waals surface area contributed by atoms with Crippen LogP contribution in [-0.2, 0) is 16.0 Å². The first-order chi connectivity index (χ1) is 17.2. The Bertz CT molecular complexity index is 1030. The minimum Gasteiger partial charge on any atom is -0.444 e. The van der Waals surface area contributed by atoms with Crippen molar-refractivity contribution in [3.05, 3.63) is 60.0 Å². The fourth-order valence-corrected chi connectivity index (χ4v) is 4.66. The molecule has 4 rings (SSSR count). The molecule has 1 aromatic carbocycles. The number of carbonyl (C=O) groups is 2. The first-order valence-corrected chi connectivity index (χ1v) is 12.6. The molecule has 9 heteroatoms. The van der Waals surface area contributed by atoms with E-state index < -0.39 is 17.7 Å². The fourth-order valence-electron chi connectivity index (χ4n) is 4.66. The number of carbonyl (C=O) groups excluding carboxylic acids is 2. The minimum absolute atomic E-state index is 0.0456. The maximum absolute atomic E-state index is 14.3. The molecule has 0 radical (unpaired) electrons. The molecular formula is C27H36FN5O3. The number of likely N-dealkylation sites (tertiary alicyclic amines) is 1. The highest BCUT2D eigenvalue weighted by Gasteiger charge is 2.37. The van der Waals surface area contributed by atoms with E-state index in [4.69, 9.17) is 4.74 Å². The lowest BCUT2D eigenvalue weighted by atomic mass is 10.00. The van der Waals surface area contributed by atoms with E-state index in [1.165, 1.54) is 6.07 Å². The summed E-state index contributed by atoms with van der Waals surface area (Å²) in [4.78, 5) is 36.4. The topological polar surface area (TPSA) is 78.0 Å². The molecule has 1 aromatic heterocycles. The third kappa shape index (κ3) is 6.94. The second-order valence-electron chi connectivity index (χ2n) is 10.5. The molecule has 0 bridgehead atoms. The van der Waals surface area contributed by atoms with Crippen molar-refractivity contribution in [2.24, 2.45) is 0 Å². The molecule has 36 heavy (non-hydrogen) atoms. The van der Waals surface area contributed by atoms with Crippen molar-refractivity contribution in [3.63, 3.8) is 0 Å². The Hall–Kier alpha value is -3.20. The maximum atomic E-state index is 14.3. The number of nitrogens with zero attached hydrogens (tertiary/aromatic N) is 4. The Morgan fingerprint density at radius 3 is 2.42 bits per heavy atom. The van der Waals surface area contributed by atoms with Gasteiger partial charge in [-0.05, 0) is 51.0 Å². The second kappa shape index (κ2) is 11.2. The number of amides is 2. The van der Waals surface area contributed by atoms with Gasteiger partial charge in [-0.3, -0.25) is 9.69 Å². The van der Waals surface area contributed by atoms with Gasteiger partial charge in [0.25, 0.3) is 0 Å². The van der Waals surface area contributed by atoms with Crippen LogP contribution >= 0.6 is 0 Å². The summed E-state index contributed by atoms with van der Waals surface area (Å²) in [6.07, 6.45) is 1.51. The van der Waals surface area contributed by atoms with Crippen LogP contribution in [0, 0.1) is 5.82 Å². The molecule has 2 aliphatic rings. The predicted molar refractivity (Wildman–Crippen MR) is 136 cm³/mol. The molecule has 0 saturated carbocycles.